The molecule has 0 aromatic rings. The molecule has 68 valence electrons. The van der Waals surface area contributed by atoms with Gasteiger partial charge in [0.2, 0.25) is 0 Å². The predicted molar refractivity (Wildman–Crippen MR) is 58.3 cm³/mol. The molecule has 0 aromatic carbocycles. The van der Waals surface area contributed by atoms with Crippen LogP contribution in [0.1, 0.15) is 39.5 Å². The molecular formula is C8H19AlCl2. The molecule has 0 rings (SSSR count). The lowest BCUT2D eigenvalue weighted by Gasteiger charge is -1.99. The predicted octanol–water partition coefficient (Wildman–Crippen LogP) is 4.24. The lowest BCUT2D eigenvalue weighted by atomic mass is 10.4. The minimum absolute atomic E-state index is 0. The molecule has 0 amide bonds. The van der Waals surface area contributed by atoms with Crippen molar-refractivity contribution in [1.82, 2.24) is 0 Å². The van der Waals surface area contributed by atoms with Crippen LogP contribution in [0.15, 0.2) is 0 Å². The van der Waals surface area contributed by atoms with Gasteiger partial charge in [0.25, 0.3) is 0 Å². The summed E-state index contributed by atoms with van der Waals surface area (Å²) in [5.41, 5.74) is 0. The highest BCUT2D eigenvalue weighted by molar-refractivity contribution is 7.06. The summed E-state index contributed by atoms with van der Waals surface area (Å²) >= 11 is -0.765. The maximum absolute atomic E-state index is 6.18. The number of unbranched alkanes of at least 4 members (excludes halogenated alkanes) is 2. The molecule has 11 heavy (non-hydrogen) atoms. The molecular weight excluding hydrogens is 194 g/mol. The third kappa shape index (κ3) is 11.1. The Bertz CT molecular complexity index is 61.1. The number of hydrogen-bond donors (Lipinski definition) is 0. The van der Waals surface area contributed by atoms with E-state index < -0.39 is 13.2 Å². The van der Waals surface area contributed by atoms with Crippen molar-refractivity contribution in [3.05, 3.63) is 0 Å². The average molecular weight is 213 g/mol. The van der Waals surface area contributed by atoms with Crippen molar-refractivity contribution in [1.29, 1.82) is 0 Å². The zero-order valence-electron chi connectivity index (χ0n) is 7.61. The van der Waals surface area contributed by atoms with E-state index in [9.17, 15) is 0 Å². The van der Waals surface area contributed by atoms with Crippen LogP contribution in [0.3, 0.4) is 0 Å². The summed E-state index contributed by atoms with van der Waals surface area (Å²) in [5, 5.41) is 2.69. The summed E-state index contributed by atoms with van der Waals surface area (Å²) in [6, 6.07) is 0. The molecule has 0 bridgehead atoms. The molecule has 3 heteroatoms. The summed E-state index contributed by atoms with van der Waals surface area (Å²) in [7, 11) is 6.18. The van der Waals surface area contributed by atoms with Crippen LogP contribution in [0, 0.1) is 0 Å². The van der Waals surface area contributed by atoms with Crippen LogP contribution in [-0.2, 0) is 0 Å². The monoisotopic (exact) mass is 212 g/mol. The average Bonchev–Trinajstić information content (AvgIpc) is 1.97. The lowest BCUT2D eigenvalue weighted by molar-refractivity contribution is 0.848. The van der Waals surface area contributed by atoms with Crippen molar-refractivity contribution in [2.45, 2.75) is 50.1 Å². The van der Waals surface area contributed by atoms with E-state index in [4.69, 9.17) is 10.0 Å². The maximum Gasteiger partial charge on any atom is 0.399 e. The third-order valence-corrected chi connectivity index (χ3v) is 5.12. The van der Waals surface area contributed by atoms with Crippen molar-refractivity contribution in [3.63, 3.8) is 0 Å². The minimum atomic E-state index is -0.765. The normalized spacial score (nSPS) is 9.00. The molecule has 0 nitrogen and oxygen atoms in total. The van der Waals surface area contributed by atoms with E-state index in [1.807, 2.05) is 0 Å². The highest BCUT2D eigenvalue weighted by Gasteiger charge is 2.11. The molecule has 0 aromatic heterocycles. The van der Waals surface area contributed by atoms with Gasteiger partial charge < -0.3 is 0 Å². The topological polar surface area (TPSA) is 0 Å². The summed E-state index contributed by atoms with van der Waals surface area (Å²) in [5.74, 6) is 0. The molecule has 0 aliphatic carbocycles. The van der Waals surface area contributed by atoms with Gasteiger partial charge in [0.1, 0.15) is 0 Å². The highest BCUT2D eigenvalue weighted by atomic mass is 35.6. The molecule has 0 heterocycles. The minimum Gasteiger partial charge on any atom is -0.261 e. The summed E-state index contributed by atoms with van der Waals surface area (Å²) in [4.78, 5) is 0. The van der Waals surface area contributed by atoms with Crippen LogP contribution in [0.5, 0.6) is 0 Å². The van der Waals surface area contributed by atoms with Gasteiger partial charge in [-0.2, -0.15) is 0 Å². The molecule has 0 atom stereocenters. The van der Waals surface area contributed by atoms with Gasteiger partial charge in [0.05, 0.1) is 0 Å². The van der Waals surface area contributed by atoms with Gasteiger partial charge in [-0.25, -0.2) is 0 Å². The van der Waals surface area contributed by atoms with E-state index in [0.717, 1.165) is 0 Å². The molecule has 0 unspecified atom stereocenters. The second kappa shape index (κ2) is 11.1. The SMILES string of the molecule is CCC[CH2][Al]([Cl])[CH2]CCC.Cl. The van der Waals surface area contributed by atoms with Crippen LogP contribution in [-0.4, -0.2) is 13.2 Å². The zero-order chi connectivity index (χ0) is 7.82. The Morgan fingerprint density at radius 1 is 1.00 bits per heavy atom. The lowest BCUT2D eigenvalue weighted by Crippen LogP contribution is -2.01. The second-order valence-corrected chi connectivity index (χ2v) is 7.08. The summed E-state index contributed by atoms with van der Waals surface area (Å²) in [6.07, 6.45) is 5.32. The molecule has 0 N–H and O–H groups in total. The van der Waals surface area contributed by atoms with E-state index >= 15 is 0 Å². The second-order valence-electron chi connectivity index (χ2n) is 2.88. The quantitative estimate of drug-likeness (QED) is 0.579. The molecule has 0 saturated carbocycles. The van der Waals surface area contributed by atoms with Crippen molar-refractivity contribution in [3.8, 4) is 0 Å². The maximum atomic E-state index is 6.18. The Hall–Kier alpha value is 1.11. The Balaban J connectivity index is 0. The standard InChI is InChI=1S/2C4H9.Al.2ClH/c2*1-3-4-2;;;/h2*1,3-4H2,2H3;;2*1H/q;;+1;;/p-1. The molecule has 0 radical (unpaired) electrons. The van der Waals surface area contributed by atoms with Gasteiger partial charge in [-0.05, 0) is 0 Å². The van der Waals surface area contributed by atoms with Crippen LogP contribution in [0.25, 0.3) is 0 Å². The van der Waals surface area contributed by atoms with Crippen LogP contribution in [0.4, 0.5) is 0 Å². The molecule has 0 saturated heterocycles. The first-order chi connectivity index (χ1) is 4.81. The number of rotatable bonds is 6. The van der Waals surface area contributed by atoms with Crippen molar-refractivity contribution in [2.75, 3.05) is 0 Å². The summed E-state index contributed by atoms with van der Waals surface area (Å²) in [6.45, 7) is 4.47. The molecule has 0 spiro atoms. The van der Waals surface area contributed by atoms with Gasteiger partial charge in [0, 0.05) is 0 Å². The highest BCUT2D eigenvalue weighted by Crippen LogP contribution is 2.12. The Morgan fingerprint density at radius 2 is 1.36 bits per heavy atom. The zero-order valence-corrected chi connectivity index (χ0v) is 10.3. The Morgan fingerprint density at radius 3 is 1.64 bits per heavy atom. The van der Waals surface area contributed by atoms with Crippen LogP contribution >= 0.6 is 22.5 Å². The largest absolute Gasteiger partial charge is 0.399 e. The number of hydrogen-bond acceptors (Lipinski definition) is 0. The van der Waals surface area contributed by atoms with E-state index in [1.54, 1.807) is 0 Å². The Kier molecular flexibility index (Phi) is 14.8. The smallest absolute Gasteiger partial charge is 0.261 e. The van der Waals surface area contributed by atoms with Gasteiger partial charge in [-0.3, -0.25) is 10.0 Å². The van der Waals surface area contributed by atoms with Gasteiger partial charge in [-0.15, -0.1) is 12.4 Å². The molecule has 0 aliphatic rings. The third-order valence-electron chi connectivity index (χ3n) is 1.74. The van der Waals surface area contributed by atoms with E-state index in [2.05, 4.69) is 13.8 Å². The van der Waals surface area contributed by atoms with Crippen LogP contribution < -0.4 is 0 Å². The van der Waals surface area contributed by atoms with Crippen molar-refractivity contribution < 1.29 is 0 Å². The van der Waals surface area contributed by atoms with Gasteiger partial charge in [0.15, 0.2) is 0 Å². The van der Waals surface area contributed by atoms with E-state index in [1.165, 1.54) is 36.2 Å². The first-order valence-corrected chi connectivity index (χ1v) is 7.83. The Labute approximate surface area is 85.7 Å². The fourth-order valence-electron chi connectivity index (χ4n) is 0.996. The van der Waals surface area contributed by atoms with Crippen molar-refractivity contribution in [2.24, 2.45) is 0 Å². The number of halogens is 2. The van der Waals surface area contributed by atoms with Gasteiger partial charge >= 0.3 is 13.2 Å². The van der Waals surface area contributed by atoms with Crippen LogP contribution in [0.2, 0.25) is 10.6 Å². The van der Waals surface area contributed by atoms with Crippen molar-refractivity contribution >= 4 is 35.7 Å². The van der Waals surface area contributed by atoms with Gasteiger partial charge in [-0.1, -0.05) is 50.1 Å². The first-order valence-electron chi connectivity index (χ1n) is 4.45. The van der Waals surface area contributed by atoms with E-state index in [0.29, 0.717) is 0 Å². The summed E-state index contributed by atoms with van der Waals surface area (Å²) < 4.78 is 0. The van der Waals surface area contributed by atoms with E-state index in [-0.39, 0.29) is 12.4 Å². The molecule has 0 fully saturated rings. The fraction of sp³-hybridized carbons (Fsp3) is 1.00. The first kappa shape index (κ1) is 14.6. The fourth-order valence-corrected chi connectivity index (χ4v) is 3.91. The molecule has 0 aliphatic heterocycles.